The Labute approximate surface area is 123 Å². The molecule has 0 saturated carbocycles. The van der Waals surface area contributed by atoms with Crippen LogP contribution in [0.2, 0.25) is 0 Å². The Bertz CT molecular complexity index is 477. The fraction of sp³-hybridized carbons (Fsp3) is 0.769. The fourth-order valence-corrected chi connectivity index (χ4v) is 3.19. The Morgan fingerprint density at radius 1 is 1.40 bits per heavy atom. The summed E-state index contributed by atoms with van der Waals surface area (Å²) in [5.74, 6) is 1.44. The lowest BCUT2D eigenvalue weighted by Crippen LogP contribution is -2.39. The van der Waals surface area contributed by atoms with Gasteiger partial charge in [0.15, 0.2) is 5.16 Å². The van der Waals surface area contributed by atoms with Crippen LogP contribution in [0.1, 0.15) is 27.2 Å². The van der Waals surface area contributed by atoms with Gasteiger partial charge in [0.25, 0.3) is 0 Å². The molecule has 2 unspecified atom stereocenters. The molecule has 0 radical (unpaired) electrons. The van der Waals surface area contributed by atoms with Gasteiger partial charge in [-0.05, 0) is 25.2 Å². The van der Waals surface area contributed by atoms with E-state index in [1.165, 1.54) is 11.8 Å². The van der Waals surface area contributed by atoms with E-state index in [4.69, 9.17) is 5.11 Å². The van der Waals surface area contributed by atoms with Crippen LogP contribution in [0.5, 0.6) is 0 Å². The first-order valence-electron chi connectivity index (χ1n) is 7.05. The van der Waals surface area contributed by atoms with Crippen molar-refractivity contribution in [1.82, 2.24) is 14.8 Å². The molecule has 2 heterocycles. The van der Waals surface area contributed by atoms with Gasteiger partial charge in [-0.2, -0.15) is 0 Å². The highest BCUT2D eigenvalue weighted by molar-refractivity contribution is 7.99. The van der Waals surface area contributed by atoms with Crippen molar-refractivity contribution in [3.63, 3.8) is 0 Å². The van der Waals surface area contributed by atoms with Crippen molar-refractivity contribution in [1.29, 1.82) is 0 Å². The van der Waals surface area contributed by atoms with Gasteiger partial charge < -0.3 is 10.0 Å². The van der Waals surface area contributed by atoms with Gasteiger partial charge in [0.1, 0.15) is 0 Å². The van der Waals surface area contributed by atoms with Crippen LogP contribution in [0.4, 0.5) is 5.95 Å². The smallest absolute Gasteiger partial charge is 0.313 e. The summed E-state index contributed by atoms with van der Waals surface area (Å²) in [4.78, 5) is 12.9. The van der Waals surface area contributed by atoms with E-state index in [-0.39, 0.29) is 5.75 Å². The monoisotopic (exact) mass is 298 g/mol. The normalized spacial score (nSPS) is 23.1. The maximum Gasteiger partial charge on any atom is 0.313 e. The minimum absolute atomic E-state index is 0.0194. The van der Waals surface area contributed by atoms with Gasteiger partial charge in [0, 0.05) is 19.6 Å². The summed E-state index contributed by atoms with van der Waals surface area (Å²) in [6, 6.07) is 0. The van der Waals surface area contributed by atoms with Gasteiger partial charge in [-0.15, -0.1) is 10.2 Å². The zero-order valence-corrected chi connectivity index (χ0v) is 13.1. The highest BCUT2D eigenvalue weighted by Gasteiger charge is 2.26. The average molecular weight is 298 g/mol. The molecule has 1 aliphatic heterocycles. The topological polar surface area (TPSA) is 71.2 Å². The Kier molecular flexibility index (Phi) is 4.91. The lowest BCUT2D eigenvalue weighted by molar-refractivity contribution is -0.133. The SMILES string of the molecule is CCn1c(SCC(=O)O)nnc1N1CCC(C)C(C)C1. The van der Waals surface area contributed by atoms with Gasteiger partial charge in [-0.3, -0.25) is 9.36 Å². The van der Waals surface area contributed by atoms with Gasteiger partial charge >= 0.3 is 5.97 Å². The largest absolute Gasteiger partial charge is 0.481 e. The third kappa shape index (κ3) is 3.26. The molecule has 1 aliphatic rings. The third-order valence-corrected chi connectivity index (χ3v) is 4.91. The van der Waals surface area contributed by atoms with Crippen molar-refractivity contribution in [2.45, 2.75) is 38.9 Å². The number of carboxylic acids is 1. The Morgan fingerprint density at radius 2 is 2.15 bits per heavy atom. The van der Waals surface area contributed by atoms with Crippen molar-refractivity contribution in [2.75, 3.05) is 23.7 Å². The molecule has 0 amide bonds. The van der Waals surface area contributed by atoms with E-state index in [0.717, 1.165) is 37.9 Å². The molecule has 1 aromatic heterocycles. The lowest BCUT2D eigenvalue weighted by Gasteiger charge is -2.35. The Hall–Kier alpha value is -1.24. The molecule has 2 atom stereocenters. The molecule has 0 bridgehead atoms. The van der Waals surface area contributed by atoms with E-state index in [1.807, 2.05) is 11.5 Å². The molecule has 1 saturated heterocycles. The van der Waals surface area contributed by atoms with Crippen LogP contribution in [-0.4, -0.2) is 44.7 Å². The number of rotatable bonds is 5. The van der Waals surface area contributed by atoms with Crippen LogP contribution in [0.15, 0.2) is 5.16 Å². The first kappa shape index (κ1) is 15.2. The minimum atomic E-state index is -0.831. The molecule has 1 aromatic rings. The number of aromatic nitrogens is 3. The summed E-state index contributed by atoms with van der Waals surface area (Å²) in [6.45, 7) is 9.33. The average Bonchev–Trinajstić information content (AvgIpc) is 2.82. The van der Waals surface area contributed by atoms with Gasteiger partial charge in [0.2, 0.25) is 5.95 Å². The number of nitrogens with zero attached hydrogens (tertiary/aromatic N) is 4. The standard InChI is InChI=1S/C13H22N4O2S/c1-4-17-12(14-15-13(17)20-8-11(18)19)16-6-5-9(2)10(3)7-16/h9-10H,4-8H2,1-3H3,(H,18,19). The molecular weight excluding hydrogens is 276 g/mol. The van der Waals surface area contributed by atoms with Crippen molar-refractivity contribution in [3.05, 3.63) is 0 Å². The second kappa shape index (κ2) is 6.47. The highest BCUT2D eigenvalue weighted by Crippen LogP contribution is 2.28. The number of aliphatic carboxylic acids is 1. The molecule has 7 heteroatoms. The van der Waals surface area contributed by atoms with Crippen LogP contribution < -0.4 is 4.90 Å². The fourth-order valence-electron chi connectivity index (χ4n) is 2.47. The molecule has 6 nitrogen and oxygen atoms in total. The maximum absolute atomic E-state index is 10.7. The number of carboxylic acid groups (broad SMARTS) is 1. The van der Waals surface area contributed by atoms with E-state index in [1.54, 1.807) is 0 Å². The number of hydrogen-bond acceptors (Lipinski definition) is 5. The van der Waals surface area contributed by atoms with E-state index < -0.39 is 5.97 Å². The van der Waals surface area contributed by atoms with Crippen molar-refractivity contribution >= 4 is 23.7 Å². The first-order valence-corrected chi connectivity index (χ1v) is 8.04. The van der Waals surface area contributed by atoms with Crippen LogP contribution in [0.3, 0.4) is 0 Å². The van der Waals surface area contributed by atoms with E-state index in [9.17, 15) is 4.79 Å². The number of piperidine rings is 1. The number of anilines is 1. The first-order chi connectivity index (χ1) is 9.52. The van der Waals surface area contributed by atoms with Crippen molar-refractivity contribution < 1.29 is 9.90 Å². The predicted molar refractivity (Wildman–Crippen MR) is 79.2 cm³/mol. The summed E-state index contributed by atoms with van der Waals surface area (Å²) in [5, 5.41) is 17.9. The molecule has 1 fully saturated rings. The second-order valence-corrected chi connectivity index (χ2v) is 6.34. The van der Waals surface area contributed by atoms with Crippen molar-refractivity contribution in [2.24, 2.45) is 11.8 Å². The van der Waals surface area contributed by atoms with Gasteiger partial charge in [0.05, 0.1) is 5.75 Å². The second-order valence-electron chi connectivity index (χ2n) is 5.40. The van der Waals surface area contributed by atoms with Gasteiger partial charge in [-0.1, -0.05) is 25.6 Å². The quantitative estimate of drug-likeness (QED) is 0.838. The summed E-state index contributed by atoms with van der Waals surface area (Å²) in [5.41, 5.74) is 0. The zero-order chi connectivity index (χ0) is 14.7. The summed E-state index contributed by atoms with van der Waals surface area (Å²) in [7, 11) is 0. The Morgan fingerprint density at radius 3 is 2.75 bits per heavy atom. The van der Waals surface area contributed by atoms with Crippen molar-refractivity contribution in [3.8, 4) is 0 Å². The molecule has 20 heavy (non-hydrogen) atoms. The van der Waals surface area contributed by atoms with E-state index in [2.05, 4.69) is 28.9 Å². The van der Waals surface area contributed by atoms with Crippen LogP contribution in [0.25, 0.3) is 0 Å². The maximum atomic E-state index is 10.7. The van der Waals surface area contributed by atoms with Gasteiger partial charge in [-0.25, -0.2) is 0 Å². The summed E-state index contributed by atoms with van der Waals surface area (Å²) >= 11 is 1.23. The number of hydrogen-bond donors (Lipinski definition) is 1. The van der Waals surface area contributed by atoms with Crippen LogP contribution >= 0.6 is 11.8 Å². The molecule has 0 aromatic carbocycles. The molecular formula is C13H22N4O2S. The Balaban J connectivity index is 2.13. The molecule has 0 aliphatic carbocycles. The highest BCUT2D eigenvalue weighted by atomic mass is 32.2. The molecule has 0 spiro atoms. The molecule has 1 N–H and O–H groups in total. The minimum Gasteiger partial charge on any atom is -0.481 e. The predicted octanol–water partition coefficient (Wildman–Crippen LogP) is 1.96. The number of thioether (sulfide) groups is 1. The zero-order valence-electron chi connectivity index (χ0n) is 12.2. The third-order valence-electron chi connectivity index (χ3n) is 3.96. The summed E-state index contributed by atoms with van der Waals surface area (Å²) in [6.07, 6.45) is 1.16. The summed E-state index contributed by atoms with van der Waals surface area (Å²) < 4.78 is 2.01. The molecule has 112 valence electrons. The molecule has 2 rings (SSSR count). The van der Waals surface area contributed by atoms with E-state index >= 15 is 0 Å². The van der Waals surface area contributed by atoms with E-state index in [0.29, 0.717) is 11.1 Å². The van der Waals surface area contributed by atoms with Crippen LogP contribution in [-0.2, 0) is 11.3 Å². The van der Waals surface area contributed by atoms with Crippen LogP contribution in [0, 0.1) is 11.8 Å². The lowest BCUT2D eigenvalue weighted by atomic mass is 9.89. The number of carbonyl (C=O) groups is 1.